The molecule has 2 rings (SSSR count). The molecular weight excluding hydrogens is 282 g/mol. The lowest BCUT2D eigenvalue weighted by Gasteiger charge is -2.41. The van der Waals surface area contributed by atoms with Crippen LogP contribution in [-0.4, -0.2) is 28.0 Å². The summed E-state index contributed by atoms with van der Waals surface area (Å²) in [5, 5.41) is 2.12. The molecule has 2 atom stereocenters. The van der Waals surface area contributed by atoms with Crippen LogP contribution in [0.25, 0.3) is 0 Å². The van der Waals surface area contributed by atoms with E-state index in [4.69, 9.17) is 18.0 Å². The molecular formula is C16H29N3OS. The fourth-order valence-electron chi connectivity index (χ4n) is 3.78. The Hall–Kier alpha value is -0.680. The van der Waals surface area contributed by atoms with Crippen LogP contribution in [0.15, 0.2) is 0 Å². The van der Waals surface area contributed by atoms with Gasteiger partial charge in [0, 0.05) is 12.1 Å². The third-order valence-corrected chi connectivity index (χ3v) is 5.68. The Morgan fingerprint density at radius 3 is 2.10 bits per heavy atom. The van der Waals surface area contributed by atoms with Gasteiger partial charge in [-0.2, -0.15) is 0 Å². The van der Waals surface area contributed by atoms with E-state index in [2.05, 4.69) is 24.3 Å². The maximum Gasteiger partial charge on any atom is 0.247 e. The Labute approximate surface area is 133 Å². The summed E-state index contributed by atoms with van der Waals surface area (Å²) in [5.41, 5.74) is 8.53. The molecule has 1 heterocycles. The van der Waals surface area contributed by atoms with Gasteiger partial charge >= 0.3 is 0 Å². The minimum Gasteiger partial charge on any atom is -0.392 e. The largest absolute Gasteiger partial charge is 0.392 e. The van der Waals surface area contributed by atoms with Crippen LogP contribution >= 0.6 is 12.2 Å². The highest BCUT2D eigenvalue weighted by Gasteiger charge is 2.43. The zero-order valence-electron chi connectivity index (χ0n) is 13.4. The van der Waals surface area contributed by atoms with Gasteiger partial charge in [-0.15, -0.1) is 0 Å². The third kappa shape index (κ3) is 3.57. The van der Waals surface area contributed by atoms with E-state index in [1.54, 1.807) is 0 Å². The zero-order valence-corrected chi connectivity index (χ0v) is 14.2. The van der Waals surface area contributed by atoms with Crippen molar-refractivity contribution >= 4 is 23.1 Å². The third-order valence-electron chi connectivity index (χ3n) is 5.29. The minimum absolute atomic E-state index is 0.0255. The molecule has 1 saturated heterocycles. The molecule has 0 aromatic carbocycles. The molecule has 5 heteroatoms. The molecule has 1 saturated carbocycles. The summed E-state index contributed by atoms with van der Waals surface area (Å²) in [4.78, 5) is 13.3. The Balaban J connectivity index is 2.13. The van der Waals surface area contributed by atoms with Gasteiger partial charge < -0.3 is 5.73 Å². The molecule has 1 aliphatic carbocycles. The maximum absolute atomic E-state index is 13.0. The molecule has 1 amide bonds. The van der Waals surface area contributed by atoms with Crippen LogP contribution in [0.1, 0.15) is 71.6 Å². The quantitative estimate of drug-likeness (QED) is 0.621. The number of hydrogen-bond acceptors (Lipinski definition) is 3. The molecule has 2 unspecified atom stereocenters. The van der Waals surface area contributed by atoms with Crippen LogP contribution in [0.2, 0.25) is 0 Å². The van der Waals surface area contributed by atoms with Gasteiger partial charge in [-0.05, 0) is 39.5 Å². The fraction of sp³-hybridized carbons (Fsp3) is 0.875. The van der Waals surface area contributed by atoms with Crippen molar-refractivity contribution in [1.29, 1.82) is 0 Å². The molecule has 0 spiro atoms. The number of nitrogens with one attached hydrogen (secondary N) is 1. The SMILES string of the molecule is CC1CCCC(C)N1NC(=O)C1(C(N)=S)CCCCCC1. The lowest BCUT2D eigenvalue weighted by Crippen LogP contribution is -2.59. The Morgan fingerprint density at radius 1 is 1.10 bits per heavy atom. The average Bonchev–Trinajstić information content (AvgIpc) is 2.69. The second-order valence-corrected chi connectivity index (χ2v) is 7.28. The summed E-state index contributed by atoms with van der Waals surface area (Å²) in [6.07, 6.45) is 9.51. The van der Waals surface area contributed by atoms with Gasteiger partial charge in [0.2, 0.25) is 5.91 Å². The molecule has 0 bridgehead atoms. The van der Waals surface area contributed by atoms with Gasteiger partial charge in [0.1, 0.15) is 5.41 Å². The number of nitrogens with zero attached hydrogens (tertiary/aromatic N) is 1. The number of piperidine rings is 1. The first-order valence-corrected chi connectivity index (χ1v) is 8.77. The monoisotopic (exact) mass is 311 g/mol. The van der Waals surface area contributed by atoms with Crippen molar-refractivity contribution in [2.24, 2.45) is 11.1 Å². The van der Waals surface area contributed by atoms with Crippen LogP contribution in [0.4, 0.5) is 0 Å². The lowest BCUT2D eigenvalue weighted by atomic mass is 9.79. The predicted octanol–water partition coefficient (Wildman–Crippen LogP) is 2.91. The van der Waals surface area contributed by atoms with Crippen molar-refractivity contribution in [2.75, 3.05) is 0 Å². The zero-order chi connectivity index (χ0) is 15.5. The second-order valence-electron chi connectivity index (χ2n) is 6.84. The van der Waals surface area contributed by atoms with E-state index in [0.717, 1.165) is 38.5 Å². The second kappa shape index (κ2) is 7.05. The van der Waals surface area contributed by atoms with Gasteiger partial charge in [-0.1, -0.05) is 44.3 Å². The highest BCUT2D eigenvalue weighted by Crippen LogP contribution is 2.36. The minimum atomic E-state index is -0.636. The van der Waals surface area contributed by atoms with Crippen molar-refractivity contribution in [2.45, 2.75) is 83.7 Å². The van der Waals surface area contributed by atoms with Crippen molar-refractivity contribution in [3.63, 3.8) is 0 Å². The number of thiocarbonyl (C=S) groups is 1. The van der Waals surface area contributed by atoms with E-state index in [1.165, 1.54) is 19.3 Å². The molecule has 21 heavy (non-hydrogen) atoms. The van der Waals surface area contributed by atoms with Crippen molar-refractivity contribution in [1.82, 2.24) is 10.4 Å². The number of rotatable bonds is 3. The fourth-order valence-corrected chi connectivity index (χ4v) is 4.08. The van der Waals surface area contributed by atoms with Gasteiger partial charge in [0.15, 0.2) is 0 Å². The van der Waals surface area contributed by atoms with Gasteiger partial charge in [0.25, 0.3) is 0 Å². The van der Waals surface area contributed by atoms with E-state index in [0.29, 0.717) is 17.1 Å². The van der Waals surface area contributed by atoms with E-state index in [9.17, 15) is 4.79 Å². The van der Waals surface area contributed by atoms with Crippen molar-refractivity contribution in [3.8, 4) is 0 Å². The van der Waals surface area contributed by atoms with Crippen molar-refractivity contribution in [3.05, 3.63) is 0 Å². The van der Waals surface area contributed by atoms with E-state index < -0.39 is 5.41 Å². The van der Waals surface area contributed by atoms with Gasteiger partial charge in [-0.3, -0.25) is 10.2 Å². The average molecular weight is 311 g/mol. The smallest absolute Gasteiger partial charge is 0.247 e. The van der Waals surface area contributed by atoms with Crippen LogP contribution < -0.4 is 11.2 Å². The first-order chi connectivity index (χ1) is 9.97. The first kappa shape index (κ1) is 16.7. The number of nitrogens with two attached hydrogens (primary N) is 1. The number of hydrazine groups is 1. The van der Waals surface area contributed by atoms with Crippen LogP contribution in [-0.2, 0) is 4.79 Å². The molecule has 120 valence electrons. The highest BCUT2D eigenvalue weighted by molar-refractivity contribution is 7.80. The lowest BCUT2D eigenvalue weighted by molar-refractivity contribution is -0.136. The molecule has 2 fully saturated rings. The summed E-state index contributed by atoms with van der Waals surface area (Å²) in [5.74, 6) is 0.0255. The molecule has 1 aliphatic heterocycles. The molecule has 3 N–H and O–H groups in total. The summed E-state index contributed by atoms with van der Waals surface area (Å²) in [6.45, 7) is 4.35. The Kier molecular flexibility index (Phi) is 5.60. The number of hydrogen-bond donors (Lipinski definition) is 2. The number of amides is 1. The maximum atomic E-state index is 13.0. The molecule has 4 nitrogen and oxygen atoms in total. The van der Waals surface area contributed by atoms with Crippen molar-refractivity contribution < 1.29 is 4.79 Å². The summed E-state index contributed by atoms with van der Waals surface area (Å²) < 4.78 is 0. The standard InChI is InChI=1S/C16H29N3OS/c1-12-8-7-9-13(2)19(12)18-15(20)16(14(17)21)10-5-3-4-6-11-16/h12-13H,3-11H2,1-2H3,(H2,17,21)(H,18,20). The van der Waals surface area contributed by atoms with Crippen LogP contribution in [0, 0.1) is 5.41 Å². The first-order valence-electron chi connectivity index (χ1n) is 8.37. The highest BCUT2D eigenvalue weighted by atomic mass is 32.1. The molecule has 0 aromatic rings. The van der Waals surface area contributed by atoms with E-state index >= 15 is 0 Å². The number of carbonyl (C=O) groups excluding carboxylic acids is 1. The van der Waals surface area contributed by atoms with Crippen LogP contribution in [0.3, 0.4) is 0 Å². The molecule has 2 aliphatic rings. The number of carbonyl (C=O) groups is 1. The summed E-state index contributed by atoms with van der Waals surface area (Å²) >= 11 is 5.29. The van der Waals surface area contributed by atoms with E-state index in [-0.39, 0.29) is 5.91 Å². The summed E-state index contributed by atoms with van der Waals surface area (Å²) in [7, 11) is 0. The normalized spacial score (nSPS) is 30.4. The summed E-state index contributed by atoms with van der Waals surface area (Å²) in [6, 6.07) is 0.763. The Morgan fingerprint density at radius 2 is 1.62 bits per heavy atom. The molecule has 0 radical (unpaired) electrons. The van der Waals surface area contributed by atoms with Gasteiger partial charge in [-0.25, -0.2) is 5.01 Å². The Bertz CT molecular complexity index is 381. The topological polar surface area (TPSA) is 58.4 Å². The van der Waals surface area contributed by atoms with Crippen LogP contribution in [0.5, 0.6) is 0 Å². The predicted molar refractivity (Wildman–Crippen MR) is 89.7 cm³/mol. The van der Waals surface area contributed by atoms with Gasteiger partial charge in [0.05, 0.1) is 4.99 Å². The van der Waals surface area contributed by atoms with E-state index in [1.807, 2.05) is 0 Å². The molecule has 0 aromatic heterocycles.